The number of ether oxygens (including phenoxy) is 4. The summed E-state index contributed by atoms with van der Waals surface area (Å²) in [5.74, 6) is 0. The number of rotatable bonds is 13. The standard InChI is InChI=1S/C14H31O4P.F6P/c1-5-13(18-14(19,6-2)7-3)12-17-11-10-16-9-8-15-4;1-7(2,3,4,5)6/h13H,5-12,19H2,1-4H3;/q;-1/p+1. The Balaban J connectivity index is 0. The maximum atomic E-state index is 9.87. The summed E-state index contributed by atoms with van der Waals surface area (Å²) in [6, 6.07) is 0. The summed E-state index contributed by atoms with van der Waals surface area (Å²) >= 11 is 0. The Morgan fingerprint density at radius 3 is 1.65 bits per heavy atom. The molecule has 0 aromatic rings. The van der Waals surface area contributed by atoms with E-state index in [4.69, 9.17) is 18.9 Å². The molecule has 0 radical (unpaired) electrons. The van der Waals surface area contributed by atoms with Crippen molar-refractivity contribution in [3.8, 4) is 0 Å². The van der Waals surface area contributed by atoms with Gasteiger partial charge in [0.05, 0.1) is 39.1 Å². The fourth-order valence-corrected chi connectivity index (χ4v) is 1.82. The van der Waals surface area contributed by atoms with Crippen LogP contribution >= 0.6 is 17.0 Å². The molecule has 0 fully saturated rings. The van der Waals surface area contributed by atoms with Crippen molar-refractivity contribution in [2.24, 2.45) is 0 Å². The normalized spacial score (nSPS) is 16.4. The van der Waals surface area contributed by atoms with Crippen molar-refractivity contribution >= 4 is 17.0 Å². The Morgan fingerprint density at radius 2 is 1.27 bits per heavy atom. The van der Waals surface area contributed by atoms with Gasteiger partial charge in [0.25, 0.3) is 0 Å². The van der Waals surface area contributed by atoms with Crippen LogP contribution in [0, 0.1) is 0 Å². The summed E-state index contributed by atoms with van der Waals surface area (Å²) in [6.45, 7) is 9.61. The molecule has 0 heterocycles. The zero-order chi connectivity index (χ0) is 21.0. The van der Waals surface area contributed by atoms with Gasteiger partial charge in [-0.05, 0) is 6.42 Å². The van der Waals surface area contributed by atoms with E-state index in [1.54, 1.807) is 7.11 Å². The molecule has 2 unspecified atom stereocenters. The van der Waals surface area contributed by atoms with Gasteiger partial charge in [0.2, 0.25) is 0 Å². The van der Waals surface area contributed by atoms with Crippen LogP contribution in [-0.4, -0.2) is 51.6 Å². The first-order valence-corrected chi connectivity index (χ1v) is 11.0. The van der Waals surface area contributed by atoms with Gasteiger partial charge in [0.1, 0.15) is 0 Å². The van der Waals surface area contributed by atoms with Crippen molar-refractivity contribution in [2.75, 3.05) is 40.1 Å². The van der Waals surface area contributed by atoms with Crippen LogP contribution in [0.5, 0.6) is 0 Å². The molecule has 0 aromatic carbocycles. The minimum atomic E-state index is -10.7. The molecular formula is C14H32F6O4P2. The van der Waals surface area contributed by atoms with Gasteiger partial charge in [-0.15, -0.1) is 0 Å². The Kier molecular flexibility index (Phi) is 12.4. The van der Waals surface area contributed by atoms with Gasteiger partial charge >= 0.3 is 33.0 Å². The van der Waals surface area contributed by atoms with Crippen LogP contribution in [0.15, 0.2) is 0 Å². The quantitative estimate of drug-likeness (QED) is 0.201. The third kappa shape index (κ3) is 26.5. The predicted octanol–water partition coefficient (Wildman–Crippen LogP) is 5.97. The third-order valence-electron chi connectivity index (χ3n) is 3.27. The monoisotopic (exact) mass is 440 g/mol. The summed E-state index contributed by atoms with van der Waals surface area (Å²) in [5, 5.41) is -0.000991. The van der Waals surface area contributed by atoms with Crippen LogP contribution in [0.1, 0.15) is 40.0 Å². The third-order valence-corrected chi connectivity index (χ3v) is 4.43. The van der Waals surface area contributed by atoms with Crippen LogP contribution < -0.4 is 0 Å². The second-order valence-electron chi connectivity index (χ2n) is 5.68. The van der Waals surface area contributed by atoms with Gasteiger partial charge in [-0.2, -0.15) is 0 Å². The zero-order valence-electron chi connectivity index (χ0n) is 15.8. The molecule has 0 aromatic heterocycles. The van der Waals surface area contributed by atoms with Crippen molar-refractivity contribution in [3.63, 3.8) is 0 Å². The Labute approximate surface area is 153 Å². The molecule has 0 aliphatic rings. The van der Waals surface area contributed by atoms with E-state index in [-0.39, 0.29) is 11.4 Å². The SMILES string of the molecule is CCC(COCCOCCOC)OC([PH3+])(CC)CC.F[P-](F)(F)(F)(F)F. The van der Waals surface area contributed by atoms with E-state index in [9.17, 15) is 25.2 Å². The van der Waals surface area contributed by atoms with Crippen LogP contribution in [0.4, 0.5) is 25.2 Å². The summed E-state index contributed by atoms with van der Waals surface area (Å²) in [7, 11) is -7.04. The molecular weight excluding hydrogens is 408 g/mol. The average Bonchev–Trinajstić information content (AvgIpc) is 2.49. The average molecular weight is 440 g/mol. The van der Waals surface area contributed by atoms with Gasteiger partial charge in [-0.3, -0.25) is 0 Å². The van der Waals surface area contributed by atoms with Crippen molar-refractivity contribution in [1.29, 1.82) is 0 Å². The fraction of sp³-hybridized carbons (Fsp3) is 1.00. The van der Waals surface area contributed by atoms with E-state index in [1.165, 1.54) is 0 Å². The summed E-state index contributed by atoms with van der Waals surface area (Å²) in [6.07, 6.45) is 3.23. The number of hydrogen-bond donors (Lipinski definition) is 0. The van der Waals surface area contributed by atoms with Crippen LogP contribution in [0.25, 0.3) is 0 Å². The molecule has 0 rings (SSSR count). The molecule has 0 saturated heterocycles. The van der Waals surface area contributed by atoms with E-state index >= 15 is 0 Å². The second-order valence-corrected chi connectivity index (χ2v) is 8.88. The number of halogens is 6. The molecule has 12 heteroatoms. The molecule has 0 spiro atoms. The summed E-state index contributed by atoms with van der Waals surface area (Å²) in [4.78, 5) is 0. The first-order valence-electron chi connectivity index (χ1n) is 8.30. The first kappa shape index (κ1) is 28.5. The van der Waals surface area contributed by atoms with Crippen molar-refractivity contribution < 1.29 is 44.1 Å². The van der Waals surface area contributed by atoms with Crippen LogP contribution in [0.2, 0.25) is 0 Å². The molecule has 0 aliphatic heterocycles. The fourth-order valence-electron chi connectivity index (χ4n) is 1.58. The Bertz CT molecular complexity index is 351. The Hall–Kier alpha value is 0.280. The van der Waals surface area contributed by atoms with E-state index in [0.717, 1.165) is 19.3 Å². The topological polar surface area (TPSA) is 36.9 Å². The van der Waals surface area contributed by atoms with Crippen LogP contribution in [-0.2, 0) is 18.9 Å². The number of hydrogen-bond acceptors (Lipinski definition) is 4. The van der Waals surface area contributed by atoms with Gasteiger partial charge in [-0.1, -0.05) is 20.8 Å². The summed E-state index contributed by atoms with van der Waals surface area (Å²) < 4.78 is 81.2. The molecule has 0 aliphatic carbocycles. The molecule has 164 valence electrons. The van der Waals surface area contributed by atoms with E-state index in [2.05, 4.69) is 20.8 Å². The first-order chi connectivity index (χ1) is 11.6. The van der Waals surface area contributed by atoms with Crippen LogP contribution in [0.3, 0.4) is 0 Å². The molecule has 2 atom stereocenters. The second kappa shape index (κ2) is 11.3. The summed E-state index contributed by atoms with van der Waals surface area (Å²) in [5.41, 5.74) is 0. The minimum absolute atomic E-state index is 0.000991. The van der Waals surface area contributed by atoms with E-state index < -0.39 is 7.81 Å². The van der Waals surface area contributed by atoms with Gasteiger partial charge in [-0.25, -0.2) is 0 Å². The van der Waals surface area contributed by atoms with E-state index in [0.29, 0.717) is 33.0 Å². The maximum absolute atomic E-state index is 10.7. The predicted molar refractivity (Wildman–Crippen MR) is 96.7 cm³/mol. The zero-order valence-corrected chi connectivity index (χ0v) is 18.1. The van der Waals surface area contributed by atoms with Crippen molar-refractivity contribution in [3.05, 3.63) is 0 Å². The molecule has 26 heavy (non-hydrogen) atoms. The molecule has 0 amide bonds. The van der Waals surface area contributed by atoms with Crippen molar-refractivity contribution in [1.82, 2.24) is 0 Å². The Morgan fingerprint density at radius 1 is 0.846 bits per heavy atom. The number of methoxy groups -OCH3 is 1. The van der Waals surface area contributed by atoms with E-state index in [1.807, 2.05) is 9.24 Å². The molecule has 0 saturated carbocycles. The van der Waals surface area contributed by atoms with Crippen molar-refractivity contribution in [2.45, 2.75) is 51.5 Å². The van der Waals surface area contributed by atoms with Gasteiger partial charge in [0.15, 0.2) is 5.34 Å². The molecule has 0 N–H and O–H groups in total. The molecule has 0 bridgehead atoms. The van der Waals surface area contributed by atoms with Gasteiger partial charge in [0, 0.05) is 29.2 Å². The van der Waals surface area contributed by atoms with Gasteiger partial charge < -0.3 is 18.9 Å². The molecule has 4 nitrogen and oxygen atoms in total.